The summed E-state index contributed by atoms with van der Waals surface area (Å²) in [5.74, 6) is -0.0833. The maximum Gasteiger partial charge on any atom is 0.0701 e. The van der Waals surface area contributed by atoms with Crippen molar-refractivity contribution < 1.29 is 24.9 Å². The van der Waals surface area contributed by atoms with Crippen molar-refractivity contribution in [1.82, 2.24) is 4.98 Å². The van der Waals surface area contributed by atoms with E-state index in [-0.39, 0.29) is 25.9 Å². The molecule has 0 N–H and O–H groups in total. The molecule has 0 amide bonds. The Morgan fingerprint density at radius 2 is 1.59 bits per heavy atom. The second-order valence-corrected chi connectivity index (χ2v) is 3.28. The van der Waals surface area contributed by atoms with Gasteiger partial charge in [0.15, 0.2) is 0 Å². The molecule has 0 saturated carbocycles. The molecular formula is C14H14IrNO-. The van der Waals surface area contributed by atoms with E-state index in [0.29, 0.717) is 0 Å². The Morgan fingerprint density at radius 3 is 2.06 bits per heavy atom. The number of carbonyl (C=O) groups excluding carboxylic acids is 1. The smallest absolute Gasteiger partial charge is 0.0701 e. The Balaban J connectivity index is 0.000000453. The number of hydrogen-bond acceptors (Lipinski definition) is 2. The Bertz CT molecular complexity index is 387. The van der Waals surface area contributed by atoms with Gasteiger partial charge in [0.25, 0.3) is 0 Å². The minimum Gasteiger partial charge on any atom is -0.340 e. The van der Waals surface area contributed by atoms with Crippen molar-refractivity contribution in [2.45, 2.75) is 6.92 Å². The van der Waals surface area contributed by atoms with Crippen molar-refractivity contribution in [3.63, 3.8) is 0 Å². The van der Waals surface area contributed by atoms with Gasteiger partial charge in [-0.1, -0.05) is 36.4 Å². The Labute approximate surface area is 115 Å². The summed E-state index contributed by atoms with van der Waals surface area (Å²) < 4.78 is 0. The molecule has 3 heteroatoms. The van der Waals surface area contributed by atoms with E-state index < -0.39 is 0 Å². The number of rotatable bonds is 1. The van der Waals surface area contributed by atoms with E-state index in [4.69, 9.17) is 0 Å². The van der Waals surface area contributed by atoms with Crippen LogP contribution in [0.5, 0.6) is 0 Å². The molecule has 1 aromatic heterocycles. The zero-order chi connectivity index (χ0) is 11.8. The SMILES string of the molecule is [CH2-]C(C)=O.[Ir].c1ccc(-c2ccccn2)cc1. The van der Waals surface area contributed by atoms with Crippen LogP contribution in [0.2, 0.25) is 0 Å². The molecule has 0 aliphatic carbocycles. The van der Waals surface area contributed by atoms with Crippen molar-refractivity contribution >= 4 is 5.78 Å². The van der Waals surface area contributed by atoms with Gasteiger partial charge in [-0.25, -0.2) is 0 Å². The first-order valence-corrected chi connectivity index (χ1v) is 4.99. The summed E-state index contributed by atoms with van der Waals surface area (Å²) in [6, 6.07) is 16.1. The molecule has 17 heavy (non-hydrogen) atoms. The molecule has 2 aromatic rings. The Hall–Kier alpha value is -1.44. The monoisotopic (exact) mass is 405 g/mol. The predicted octanol–water partition coefficient (Wildman–Crippen LogP) is 3.16. The van der Waals surface area contributed by atoms with Gasteiger partial charge in [-0.3, -0.25) is 4.98 Å². The van der Waals surface area contributed by atoms with Gasteiger partial charge in [-0.2, -0.15) is 0 Å². The summed E-state index contributed by atoms with van der Waals surface area (Å²) in [5, 5.41) is 0. The molecule has 1 heterocycles. The van der Waals surface area contributed by atoms with Crippen LogP contribution in [-0.4, -0.2) is 10.8 Å². The molecule has 0 fully saturated rings. The molecule has 0 bridgehead atoms. The molecule has 2 nitrogen and oxygen atoms in total. The van der Waals surface area contributed by atoms with Gasteiger partial charge in [0.05, 0.1) is 5.69 Å². The average Bonchev–Trinajstić information content (AvgIpc) is 2.31. The van der Waals surface area contributed by atoms with Crippen LogP contribution in [0.1, 0.15) is 6.92 Å². The summed E-state index contributed by atoms with van der Waals surface area (Å²) in [6.45, 7) is 4.42. The Morgan fingerprint density at radius 1 is 1.06 bits per heavy atom. The van der Waals surface area contributed by atoms with Gasteiger partial charge < -0.3 is 11.7 Å². The number of pyridine rings is 1. The molecule has 0 unspecified atom stereocenters. The first kappa shape index (κ1) is 15.6. The Kier molecular flexibility index (Phi) is 7.95. The van der Waals surface area contributed by atoms with E-state index in [0.717, 1.165) is 11.3 Å². The van der Waals surface area contributed by atoms with Gasteiger partial charge in [0.1, 0.15) is 0 Å². The van der Waals surface area contributed by atoms with Crippen molar-refractivity contribution in [1.29, 1.82) is 0 Å². The van der Waals surface area contributed by atoms with Crippen LogP contribution in [0.3, 0.4) is 0 Å². The van der Waals surface area contributed by atoms with Crippen LogP contribution in [-0.2, 0) is 24.9 Å². The van der Waals surface area contributed by atoms with Crippen molar-refractivity contribution in [2.24, 2.45) is 0 Å². The molecule has 0 atom stereocenters. The fourth-order valence-electron chi connectivity index (χ4n) is 1.14. The van der Waals surface area contributed by atoms with Crippen LogP contribution >= 0.6 is 0 Å². The fraction of sp³-hybridized carbons (Fsp3) is 0.0714. The first-order chi connectivity index (χ1) is 7.70. The number of Topliss-reactive ketones (excluding diaryl/α,β-unsaturated/α-hetero) is 1. The minimum absolute atomic E-state index is 0. The maximum atomic E-state index is 9.33. The zero-order valence-corrected chi connectivity index (χ0v) is 12.0. The minimum atomic E-state index is -0.0833. The molecule has 0 aliphatic rings. The van der Waals surface area contributed by atoms with E-state index in [1.807, 2.05) is 42.6 Å². The van der Waals surface area contributed by atoms with Crippen LogP contribution in [0, 0.1) is 6.92 Å². The number of hydrogen-bond donors (Lipinski definition) is 0. The quantitative estimate of drug-likeness (QED) is 0.684. The molecule has 91 valence electrons. The molecule has 0 aliphatic heterocycles. The van der Waals surface area contributed by atoms with Gasteiger partial charge in [-0.05, 0) is 24.8 Å². The van der Waals surface area contributed by atoms with E-state index >= 15 is 0 Å². The third-order valence-corrected chi connectivity index (χ3v) is 1.73. The zero-order valence-electron chi connectivity index (χ0n) is 9.59. The summed E-state index contributed by atoms with van der Waals surface area (Å²) in [4.78, 5) is 13.6. The number of aromatic nitrogens is 1. The third-order valence-electron chi connectivity index (χ3n) is 1.73. The van der Waals surface area contributed by atoms with Gasteiger partial charge in [0.2, 0.25) is 0 Å². The largest absolute Gasteiger partial charge is 0.340 e. The molecule has 0 saturated heterocycles. The van der Waals surface area contributed by atoms with Crippen molar-refractivity contribution in [3.05, 3.63) is 61.7 Å². The van der Waals surface area contributed by atoms with Gasteiger partial charge in [-0.15, -0.1) is 0 Å². The summed E-state index contributed by atoms with van der Waals surface area (Å²) in [7, 11) is 0. The summed E-state index contributed by atoms with van der Waals surface area (Å²) >= 11 is 0. The average molecular weight is 404 g/mol. The fourth-order valence-corrected chi connectivity index (χ4v) is 1.14. The topological polar surface area (TPSA) is 30.0 Å². The number of carbonyl (C=O) groups is 1. The summed E-state index contributed by atoms with van der Waals surface area (Å²) in [5.41, 5.74) is 2.19. The van der Waals surface area contributed by atoms with Crippen LogP contribution < -0.4 is 0 Å². The van der Waals surface area contributed by atoms with E-state index in [1.54, 1.807) is 0 Å². The second kappa shape index (κ2) is 8.68. The van der Waals surface area contributed by atoms with E-state index in [1.165, 1.54) is 6.92 Å². The summed E-state index contributed by atoms with van der Waals surface area (Å²) in [6.07, 6.45) is 1.81. The second-order valence-electron chi connectivity index (χ2n) is 3.28. The van der Waals surface area contributed by atoms with Crippen LogP contribution in [0.15, 0.2) is 54.7 Å². The van der Waals surface area contributed by atoms with E-state index in [2.05, 4.69) is 24.0 Å². The van der Waals surface area contributed by atoms with Crippen molar-refractivity contribution in [2.75, 3.05) is 0 Å². The number of benzene rings is 1. The maximum absolute atomic E-state index is 9.33. The van der Waals surface area contributed by atoms with Gasteiger partial charge >= 0.3 is 0 Å². The predicted molar refractivity (Wildman–Crippen MR) is 65.7 cm³/mol. The molecule has 1 aromatic carbocycles. The third kappa shape index (κ3) is 6.67. The van der Waals surface area contributed by atoms with Gasteiger partial charge in [0, 0.05) is 31.9 Å². The van der Waals surface area contributed by atoms with Crippen LogP contribution in [0.25, 0.3) is 11.3 Å². The standard InChI is InChI=1S/C11H9N.C3H5O.Ir/c1-2-6-10(7-3-1)11-8-4-5-9-12-11;1-3(2)4;/h1-9H;1H2,2H3;/q;-1;. The van der Waals surface area contributed by atoms with E-state index in [9.17, 15) is 4.79 Å². The number of nitrogens with zero attached hydrogens (tertiary/aromatic N) is 1. The van der Waals surface area contributed by atoms with Crippen molar-refractivity contribution in [3.8, 4) is 11.3 Å². The molecule has 0 spiro atoms. The van der Waals surface area contributed by atoms with Crippen LogP contribution in [0.4, 0.5) is 0 Å². The number of ketones is 1. The normalized spacial score (nSPS) is 8.29. The first-order valence-electron chi connectivity index (χ1n) is 4.99. The molecule has 2 rings (SSSR count). The molecular weight excluding hydrogens is 390 g/mol. The molecule has 1 radical (unpaired) electrons.